The second-order valence-electron chi connectivity index (χ2n) is 8.48. The molecule has 9 nitrogen and oxygen atoms in total. The molecule has 0 unspecified atom stereocenters. The molecular formula is C24H31N5O4S. The lowest BCUT2D eigenvalue weighted by Crippen LogP contribution is -2.42. The van der Waals surface area contributed by atoms with Crippen LogP contribution in [-0.4, -0.2) is 27.0 Å². The van der Waals surface area contributed by atoms with Crippen LogP contribution in [0.5, 0.6) is 5.75 Å². The molecule has 0 bridgehead atoms. The fraction of sp³-hybridized carbons (Fsp3) is 0.417. The lowest BCUT2D eigenvalue weighted by atomic mass is 10.1. The molecule has 2 aromatic heterocycles. The molecule has 0 spiro atoms. The van der Waals surface area contributed by atoms with Gasteiger partial charge in [0.1, 0.15) is 18.2 Å². The topological polar surface area (TPSA) is 123 Å². The molecule has 0 fully saturated rings. The molecule has 0 aliphatic carbocycles. The number of amides is 1. The zero-order valence-corrected chi connectivity index (χ0v) is 20.8. The van der Waals surface area contributed by atoms with E-state index in [0.29, 0.717) is 24.3 Å². The number of anilines is 2. The highest BCUT2D eigenvalue weighted by Crippen LogP contribution is 2.23. The minimum Gasteiger partial charge on any atom is -0.487 e. The molecule has 3 rings (SSSR count). The first-order chi connectivity index (χ1) is 16.2. The van der Waals surface area contributed by atoms with E-state index in [9.17, 15) is 14.4 Å². The fourth-order valence-corrected chi connectivity index (χ4v) is 4.12. The SMILES string of the molecule is CCCCN(C(=O)c1cccc(OCc2csc(C)n2)c1)c1c(N)n(CC(C)C)c(=O)[nH]c1=O. The van der Waals surface area contributed by atoms with Gasteiger partial charge in [-0.1, -0.05) is 33.3 Å². The summed E-state index contributed by atoms with van der Waals surface area (Å²) < 4.78 is 7.13. The summed E-state index contributed by atoms with van der Waals surface area (Å²) >= 11 is 1.54. The fourth-order valence-electron chi connectivity index (χ4n) is 3.52. The van der Waals surface area contributed by atoms with Crippen LogP contribution in [0.15, 0.2) is 39.2 Å². The van der Waals surface area contributed by atoms with Crippen LogP contribution in [0.25, 0.3) is 0 Å². The Morgan fingerprint density at radius 2 is 2.09 bits per heavy atom. The molecule has 10 heteroatoms. The summed E-state index contributed by atoms with van der Waals surface area (Å²) in [7, 11) is 0. The molecule has 0 aliphatic rings. The molecule has 0 radical (unpaired) electrons. The number of rotatable bonds is 10. The number of benzene rings is 1. The number of ether oxygens (including phenoxy) is 1. The molecule has 3 N–H and O–H groups in total. The number of aromatic nitrogens is 3. The van der Waals surface area contributed by atoms with Gasteiger partial charge in [-0.05, 0) is 37.5 Å². The van der Waals surface area contributed by atoms with Crippen molar-refractivity contribution >= 4 is 28.7 Å². The van der Waals surface area contributed by atoms with Crippen molar-refractivity contribution in [3.05, 3.63) is 66.7 Å². The smallest absolute Gasteiger partial charge is 0.330 e. The number of thiazole rings is 1. The number of hydrogen-bond donors (Lipinski definition) is 2. The Balaban J connectivity index is 1.95. The van der Waals surface area contributed by atoms with E-state index in [1.54, 1.807) is 35.6 Å². The monoisotopic (exact) mass is 485 g/mol. The number of aromatic amines is 1. The number of nitrogens with zero attached hydrogens (tertiary/aromatic N) is 3. The van der Waals surface area contributed by atoms with E-state index in [2.05, 4.69) is 9.97 Å². The molecule has 1 amide bonds. The van der Waals surface area contributed by atoms with Gasteiger partial charge in [0.2, 0.25) is 0 Å². The molecule has 2 heterocycles. The molecule has 3 aromatic rings. The first-order valence-corrected chi connectivity index (χ1v) is 12.2. The summed E-state index contributed by atoms with van der Waals surface area (Å²) in [6.07, 6.45) is 1.47. The van der Waals surface area contributed by atoms with Crippen molar-refractivity contribution < 1.29 is 9.53 Å². The molecule has 0 atom stereocenters. The predicted octanol–water partition coefficient (Wildman–Crippen LogP) is 3.57. The zero-order valence-electron chi connectivity index (χ0n) is 20.0. The second-order valence-corrected chi connectivity index (χ2v) is 9.54. The standard InChI is InChI=1S/C24H31N5O4S/c1-5-6-10-28(20-21(25)29(12-15(2)3)24(32)27-22(20)30)23(31)17-8-7-9-19(11-17)33-13-18-14-34-16(4)26-18/h7-9,11,14-15H,5-6,10,12-13,25H2,1-4H3,(H,27,30,32). The van der Waals surface area contributed by atoms with Crippen molar-refractivity contribution in [3.8, 4) is 5.75 Å². The van der Waals surface area contributed by atoms with Crippen LogP contribution < -0.4 is 26.6 Å². The summed E-state index contributed by atoms with van der Waals surface area (Å²) in [6.45, 7) is 8.69. The van der Waals surface area contributed by atoms with Gasteiger partial charge in [0.15, 0.2) is 5.69 Å². The van der Waals surface area contributed by atoms with E-state index in [4.69, 9.17) is 10.5 Å². The largest absolute Gasteiger partial charge is 0.487 e. The summed E-state index contributed by atoms with van der Waals surface area (Å²) in [4.78, 5) is 46.8. The number of nitrogens with one attached hydrogen (secondary N) is 1. The van der Waals surface area contributed by atoms with Gasteiger partial charge in [-0.3, -0.25) is 19.1 Å². The lowest BCUT2D eigenvalue weighted by molar-refractivity contribution is 0.0985. The third-order valence-electron chi connectivity index (χ3n) is 5.15. The second kappa shape index (κ2) is 11.1. The Labute approximate surface area is 202 Å². The van der Waals surface area contributed by atoms with Gasteiger partial charge in [0.05, 0.1) is 10.7 Å². The highest BCUT2D eigenvalue weighted by Gasteiger charge is 2.25. The number of carbonyl (C=O) groups is 1. The molecule has 1 aromatic carbocycles. The number of nitrogens with two attached hydrogens (primary N) is 1. The van der Waals surface area contributed by atoms with Crippen LogP contribution in [0.4, 0.5) is 11.5 Å². The summed E-state index contributed by atoms with van der Waals surface area (Å²) in [5.41, 5.74) is 6.17. The summed E-state index contributed by atoms with van der Waals surface area (Å²) in [5.74, 6) is 0.223. The molecular weight excluding hydrogens is 454 g/mol. The van der Waals surface area contributed by atoms with E-state index in [0.717, 1.165) is 17.1 Å². The maximum Gasteiger partial charge on any atom is 0.330 e. The predicted molar refractivity (Wildman–Crippen MR) is 135 cm³/mol. The van der Waals surface area contributed by atoms with Gasteiger partial charge in [-0.15, -0.1) is 11.3 Å². The van der Waals surface area contributed by atoms with Crippen LogP contribution >= 0.6 is 11.3 Å². The van der Waals surface area contributed by atoms with E-state index in [1.165, 1.54) is 9.47 Å². The van der Waals surface area contributed by atoms with Crippen molar-refractivity contribution in [3.63, 3.8) is 0 Å². The van der Waals surface area contributed by atoms with Crippen LogP contribution in [0.1, 0.15) is 54.7 Å². The van der Waals surface area contributed by atoms with E-state index in [-0.39, 0.29) is 30.6 Å². The number of carbonyl (C=O) groups excluding carboxylic acids is 1. The highest BCUT2D eigenvalue weighted by molar-refractivity contribution is 7.09. The molecule has 34 heavy (non-hydrogen) atoms. The van der Waals surface area contributed by atoms with Crippen LogP contribution in [-0.2, 0) is 13.2 Å². The maximum atomic E-state index is 13.6. The van der Waals surface area contributed by atoms with Gasteiger partial charge in [-0.25, -0.2) is 9.78 Å². The van der Waals surface area contributed by atoms with Crippen LogP contribution in [0.3, 0.4) is 0 Å². The first kappa shape index (κ1) is 25.2. The average molecular weight is 486 g/mol. The van der Waals surface area contributed by atoms with Crippen molar-refractivity contribution in [1.29, 1.82) is 0 Å². The Bertz CT molecular complexity index is 1260. The van der Waals surface area contributed by atoms with Gasteiger partial charge in [-0.2, -0.15) is 0 Å². The Morgan fingerprint density at radius 1 is 1.32 bits per heavy atom. The Morgan fingerprint density at radius 3 is 2.74 bits per heavy atom. The third kappa shape index (κ3) is 5.93. The average Bonchev–Trinajstić information content (AvgIpc) is 3.22. The lowest BCUT2D eigenvalue weighted by Gasteiger charge is -2.25. The highest BCUT2D eigenvalue weighted by atomic mass is 32.1. The zero-order chi connectivity index (χ0) is 24.8. The van der Waals surface area contributed by atoms with Gasteiger partial charge < -0.3 is 15.4 Å². The molecule has 182 valence electrons. The Kier molecular flexibility index (Phi) is 8.27. The van der Waals surface area contributed by atoms with Crippen molar-refractivity contribution in [2.45, 2.75) is 53.7 Å². The van der Waals surface area contributed by atoms with Gasteiger partial charge in [0.25, 0.3) is 11.5 Å². The normalized spacial score (nSPS) is 11.1. The number of hydrogen-bond acceptors (Lipinski definition) is 7. The minimum atomic E-state index is -0.682. The van der Waals surface area contributed by atoms with Crippen LogP contribution in [0.2, 0.25) is 0 Å². The van der Waals surface area contributed by atoms with Gasteiger partial charge >= 0.3 is 5.69 Å². The minimum absolute atomic E-state index is 0.0111. The van der Waals surface area contributed by atoms with Crippen molar-refractivity contribution in [1.82, 2.24) is 14.5 Å². The van der Waals surface area contributed by atoms with E-state index < -0.39 is 17.2 Å². The number of nitrogen functional groups attached to an aromatic ring is 1. The maximum absolute atomic E-state index is 13.6. The third-order valence-corrected chi connectivity index (χ3v) is 5.97. The summed E-state index contributed by atoms with van der Waals surface area (Å²) in [5, 5.41) is 2.88. The number of aryl methyl sites for hydroxylation is 1. The number of H-pyrrole nitrogens is 1. The van der Waals surface area contributed by atoms with Gasteiger partial charge in [0, 0.05) is 24.0 Å². The molecule has 0 saturated heterocycles. The van der Waals surface area contributed by atoms with E-state index >= 15 is 0 Å². The van der Waals surface area contributed by atoms with E-state index in [1.807, 2.05) is 33.1 Å². The summed E-state index contributed by atoms with van der Waals surface area (Å²) in [6, 6.07) is 6.78. The quantitative estimate of drug-likeness (QED) is 0.453. The first-order valence-electron chi connectivity index (χ1n) is 11.3. The van der Waals surface area contributed by atoms with Crippen molar-refractivity contribution in [2.75, 3.05) is 17.2 Å². The Hall–Kier alpha value is -3.40. The van der Waals surface area contributed by atoms with Crippen molar-refractivity contribution in [2.24, 2.45) is 5.92 Å². The molecule has 0 saturated carbocycles. The van der Waals surface area contributed by atoms with Crippen LogP contribution in [0, 0.1) is 12.8 Å². The molecule has 0 aliphatic heterocycles. The number of unbranched alkanes of at least 4 members (excludes halogenated alkanes) is 1.